The predicted octanol–water partition coefficient (Wildman–Crippen LogP) is 9.08. The molecule has 0 bridgehead atoms. The molecule has 0 unspecified atom stereocenters. The van der Waals surface area contributed by atoms with Crippen molar-refractivity contribution < 1.29 is 0 Å². The minimum atomic E-state index is 0.624. The van der Waals surface area contributed by atoms with Crippen LogP contribution in [-0.4, -0.2) is 0 Å². The Kier molecular flexibility index (Phi) is 10.7. The highest BCUT2D eigenvalue weighted by Crippen LogP contribution is 2.41. The smallest absolute Gasteiger partial charge is 0.0213 e. The lowest BCUT2D eigenvalue weighted by molar-refractivity contribution is 0.677. The van der Waals surface area contributed by atoms with Crippen LogP contribution in [0.2, 0.25) is 0 Å². The molecule has 0 atom stereocenters. The summed E-state index contributed by atoms with van der Waals surface area (Å²) in [6, 6.07) is 0. The maximum Gasteiger partial charge on any atom is -0.0213 e. The van der Waals surface area contributed by atoms with Crippen LogP contribution in [-0.2, 0) is 19.3 Å². The molecule has 0 aliphatic heterocycles. The van der Waals surface area contributed by atoms with E-state index in [-0.39, 0.29) is 0 Å². The Hall–Kier alpha value is -0.780. The van der Waals surface area contributed by atoms with Crippen LogP contribution in [0.25, 0.3) is 0 Å². The molecule has 0 aromatic heterocycles. The maximum absolute atomic E-state index is 2.43. The van der Waals surface area contributed by atoms with Crippen LogP contribution in [0.5, 0.6) is 0 Å². The summed E-state index contributed by atoms with van der Waals surface area (Å²) in [5, 5.41) is 0. The van der Waals surface area contributed by atoms with E-state index in [1.54, 1.807) is 33.4 Å². The van der Waals surface area contributed by atoms with Gasteiger partial charge in [-0.1, -0.05) is 81.6 Å². The van der Waals surface area contributed by atoms with Gasteiger partial charge in [0, 0.05) is 0 Å². The topological polar surface area (TPSA) is 0 Å². The summed E-state index contributed by atoms with van der Waals surface area (Å²) < 4.78 is 0. The summed E-state index contributed by atoms with van der Waals surface area (Å²) in [5.41, 5.74) is 10.4. The lowest BCUT2D eigenvalue weighted by Crippen LogP contribution is -2.17. The fourth-order valence-electron chi connectivity index (χ4n) is 4.94. The molecule has 0 aliphatic carbocycles. The van der Waals surface area contributed by atoms with Gasteiger partial charge in [-0.05, 0) is 89.7 Å². The number of hydrogen-bond donors (Lipinski definition) is 0. The summed E-state index contributed by atoms with van der Waals surface area (Å²) in [6.45, 7) is 21.6. The minimum Gasteiger partial charge on any atom is -0.0654 e. The zero-order valence-corrected chi connectivity index (χ0v) is 20.1. The lowest BCUT2D eigenvalue weighted by Gasteiger charge is -2.32. The first-order chi connectivity index (χ1) is 12.8. The quantitative estimate of drug-likeness (QED) is 0.343. The Morgan fingerprint density at radius 2 is 0.667 bits per heavy atom. The first-order valence-corrected chi connectivity index (χ1v) is 12.0. The minimum absolute atomic E-state index is 0.624. The van der Waals surface area contributed by atoms with E-state index < -0.39 is 0 Å². The predicted molar refractivity (Wildman–Crippen MR) is 125 cm³/mol. The van der Waals surface area contributed by atoms with E-state index in [4.69, 9.17) is 0 Å². The molecule has 0 radical (unpaired) electrons. The third-order valence-electron chi connectivity index (χ3n) is 6.02. The van der Waals surface area contributed by atoms with Crippen molar-refractivity contribution >= 4 is 0 Å². The van der Waals surface area contributed by atoms with Crippen molar-refractivity contribution in [1.29, 1.82) is 0 Å². The highest BCUT2D eigenvalue weighted by atomic mass is 14.3. The Morgan fingerprint density at radius 3 is 0.815 bits per heavy atom. The van der Waals surface area contributed by atoms with Crippen LogP contribution in [0.1, 0.15) is 152 Å². The number of rotatable bonds is 12. The van der Waals surface area contributed by atoms with E-state index in [1.165, 1.54) is 57.8 Å². The Labute approximate surface area is 171 Å². The third-order valence-corrected chi connectivity index (χ3v) is 6.02. The van der Waals surface area contributed by atoms with Crippen molar-refractivity contribution in [3.05, 3.63) is 33.4 Å². The van der Waals surface area contributed by atoms with Crippen LogP contribution in [0.3, 0.4) is 0 Å². The molecule has 1 rings (SSSR count). The standard InChI is InChI=1S/C27H48/c1-10-13-16-22-25(19(4)5)23(17-14-11-2)27(21(8)9)24(18-15-12-3)26(22)20(6)7/h19-21H,10-18H2,1-9H3. The Morgan fingerprint density at radius 1 is 0.444 bits per heavy atom. The van der Waals surface area contributed by atoms with Gasteiger partial charge in [-0.15, -0.1) is 0 Å². The van der Waals surface area contributed by atoms with E-state index in [0.717, 1.165) is 0 Å². The molecule has 0 saturated heterocycles. The van der Waals surface area contributed by atoms with Crippen molar-refractivity contribution in [3.8, 4) is 0 Å². The second-order valence-electron chi connectivity index (χ2n) is 9.45. The molecule has 1 aromatic carbocycles. The van der Waals surface area contributed by atoms with E-state index in [1.807, 2.05) is 0 Å². The monoisotopic (exact) mass is 372 g/mol. The summed E-state index contributed by atoms with van der Waals surface area (Å²) >= 11 is 0. The molecule has 0 saturated carbocycles. The van der Waals surface area contributed by atoms with Gasteiger partial charge in [0.1, 0.15) is 0 Å². The van der Waals surface area contributed by atoms with E-state index in [2.05, 4.69) is 62.3 Å². The van der Waals surface area contributed by atoms with Gasteiger partial charge in [-0.2, -0.15) is 0 Å². The van der Waals surface area contributed by atoms with Crippen LogP contribution in [0.4, 0.5) is 0 Å². The molecule has 1 aromatic rings. The first kappa shape index (κ1) is 24.3. The maximum atomic E-state index is 2.43. The van der Waals surface area contributed by atoms with Gasteiger partial charge in [0.05, 0.1) is 0 Å². The fourth-order valence-corrected chi connectivity index (χ4v) is 4.94. The zero-order valence-electron chi connectivity index (χ0n) is 20.1. The summed E-state index contributed by atoms with van der Waals surface area (Å²) in [7, 11) is 0. The average Bonchev–Trinajstić information content (AvgIpc) is 2.60. The van der Waals surface area contributed by atoms with Crippen molar-refractivity contribution in [2.45, 2.75) is 138 Å². The summed E-state index contributed by atoms with van der Waals surface area (Å²) in [5.74, 6) is 1.87. The molecule has 0 aliphatic rings. The molecule has 156 valence electrons. The second kappa shape index (κ2) is 11.9. The third kappa shape index (κ3) is 6.10. The molecule has 0 heteroatoms. The number of hydrogen-bond acceptors (Lipinski definition) is 0. The molecule has 0 fully saturated rings. The Bertz CT molecular complexity index is 458. The molecular formula is C27H48. The highest BCUT2D eigenvalue weighted by Gasteiger charge is 2.26. The molecule has 0 N–H and O–H groups in total. The van der Waals surface area contributed by atoms with Crippen molar-refractivity contribution in [3.63, 3.8) is 0 Å². The van der Waals surface area contributed by atoms with Crippen LogP contribution in [0.15, 0.2) is 0 Å². The van der Waals surface area contributed by atoms with Gasteiger partial charge in [0.15, 0.2) is 0 Å². The molecule has 0 spiro atoms. The average molecular weight is 373 g/mol. The molecule has 27 heavy (non-hydrogen) atoms. The largest absolute Gasteiger partial charge is 0.0654 e. The van der Waals surface area contributed by atoms with Gasteiger partial charge in [-0.25, -0.2) is 0 Å². The van der Waals surface area contributed by atoms with Gasteiger partial charge >= 0.3 is 0 Å². The van der Waals surface area contributed by atoms with E-state index in [0.29, 0.717) is 17.8 Å². The SMILES string of the molecule is CCCCc1c(C(C)C)c(CCCC)c(C(C)C)c(CCCC)c1C(C)C. The summed E-state index contributed by atoms with van der Waals surface area (Å²) in [4.78, 5) is 0. The molecule has 0 nitrogen and oxygen atoms in total. The summed E-state index contributed by atoms with van der Waals surface area (Å²) in [6.07, 6.45) is 11.6. The molecule has 0 amide bonds. The van der Waals surface area contributed by atoms with E-state index in [9.17, 15) is 0 Å². The van der Waals surface area contributed by atoms with Gasteiger partial charge in [0.2, 0.25) is 0 Å². The van der Waals surface area contributed by atoms with Gasteiger partial charge < -0.3 is 0 Å². The van der Waals surface area contributed by atoms with Crippen LogP contribution in [0, 0.1) is 0 Å². The van der Waals surface area contributed by atoms with Crippen molar-refractivity contribution in [2.75, 3.05) is 0 Å². The number of unbranched alkanes of at least 4 members (excludes halogenated alkanes) is 3. The zero-order chi connectivity index (χ0) is 20.6. The van der Waals surface area contributed by atoms with Crippen LogP contribution < -0.4 is 0 Å². The van der Waals surface area contributed by atoms with Gasteiger partial charge in [0.25, 0.3) is 0 Å². The number of benzene rings is 1. The lowest BCUT2D eigenvalue weighted by atomic mass is 9.73. The normalized spacial score (nSPS) is 12.0. The fraction of sp³-hybridized carbons (Fsp3) is 0.778. The van der Waals surface area contributed by atoms with E-state index >= 15 is 0 Å². The van der Waals surface area contributed by atoms with Crippen molar-refractivity contribution in [2.24, 2.45) is 0 Å². The first-order valence-electron chi connectivity index (χ1n) is 12.0. The molecular weight excluding hydrogens is 324 g/mol. The molecule has 0 heterocycles. The van der Waals surface area contributed by atoms with Crippen LogP contribution >= 0.6 is 0 Å². The van der Waals surface area contributed by atoms with Crippen molar-refractivity contribution in [1.82, 2.24) is 0 Å². The Balaban J connectivity index is 3.90. The highest BCUT2D eigenvalue weighted by molar-refractivity contribution is 5.56. The van der Waals surface area contributed by atoms with Gasteiger partial charge in [-0.3, -0.25) is 0 Å². The second-order valence-corrected chi connectivity index (χ2v) is 9.45.